The van der Waals surface area contributed by atoms with Crippen molar-refractivity contribution >= 4 is 22.9 Å². The van der Waals surface area contributed by atoms with E-state index >= 15 is 0 Å². The summed E-state index contributed by atoms with van der Waals surface area (Å²) in [5.41, 5.74) is 1.56. The zero-order chi connectivity index (χ0) is 18.5. The van der Waals surface area contributed by atoms with E-state index in [1.165, 1.54) is 0 Å². The summed E-state index contributed by atoms with van der Waals surface area (Å²) in [4.78, 5) is 36.0. The Bertz CT molecular complexity index is 818. The number of fused-ring (bicyclic) bond motifs is 1. The van der Waals surface area contributed by atoms with Crippen molar-refractivity contribution in [2.75, 3.05) is 26.2 Å². The molecule has 1 amide bonds. The predicted molar refractivity (Wildman–Crippen MR) is 96.3 cm³/mol. The predicted octanol–water partition coefficient (Wildman–Crippen LogP) is 1.56. The first kappa shape index (κ1) is 17.0. The Morgan fingerprint density at radius 2 is 1.88 bits per heavy atom. The molecule has 2 atom stereocenters. The van der Waals surface area contributed by atoms with Crippen LogP contribution >= 0.6 is 0 Å². The van der Waals surface area contributed by atoms with Crippen molar-refractivity contribution in [1.82, 2.24) is 19.8 Å². The smallest absolute Gasteiger partial charge is 0.307 e. The van der Waals surface area contributed by atoms with Crippen LogP contribution in [0, 0.1) is 17.3 Å². The largest absolute Gasteiger partial charge is 0.481 e. The van der Waals surface area contributed by atoms with Gasteiger partial charge < -0.3 is 15.0 Å². The van der Waals surface area contributed by atoms with Crippen LogP contribution in [-0.4, -0.2) is 62.9 Å². The van der Waals surface area contributed by atoms with E-state index in [1.54, 1.807) is 0 Å². The zero-order valence-electron chi connectivity index (χ0n) is 15.1. The molecule has 0 radical (unpaired) electrons. The third-order valence-corrected chi connectivity index (χ3v) is 5.86. The summed E-state index contributed by atoms with van der Waals surface area (Å²) in [5.74, 6) is -0.881. The number of carboxylic acid groups (broad SMARTS) is 1. The lowest BCUT2D eigenvalue weighted by Crippen LogP contribution is -2.49. The molecule has 1 aliphatic carbocycles. The summed E-state index contributed by atoms with van der Waals surface area (Å²) in [7, 11) is 0. The maximum absolute atomic E-state index is 12.7. The average molecular weight is 356 g/mol. The highest BCUT2D eigenvalue weighted by molar-refractivity contribution is 5.91. The van der Waals surface area contributed by atoms with Gasteiger partial charge in [0.05, 0.1) is 29.4 Å². The number of aromatic nitrogens is 2. The summed E-state index contributed by atoms with van der Waals surface area (Å²) < 4.78 is 0. The number of benzene rings is 1. The second-order valence-electron chi connectivity index (χ2n) is 7.92. The zero-order valence-corrected chi connectivity index (χ0v) is 15.1. The van der Waals surface area contributed by atoms with Crippen LogP contribution in [0.3, 0.4) is 0 Å². The minimum atomic E-state index is -0.864. The summed E-state index contributed by atoms with van der Waals surface area (Å²) in [6.45, 7) is 7.28. The van der Waals surface area contributed by atoms with E-state index < -0.39 is 17.3 Å². The molecule has 2 aromatic rings. The second kappa shape index (κ2) is 6.09. The SMILES string of the molecule is CC1(C)[C@H](C(=O)O)[C@@H]1C(=O)N1CCN(Cc2nc3ccccc3[nH]2)CC1. The number of carbonyl (C=O) groups is 2. The van der Waals surface area contributed by atoms with E-state index in [0.717, 1.165) is 36.5 Å². The number of carboxylic acids is 1. The van der Waals surface area contributed by atoms with Crippen molar-refractivity contribution in [3.63, 3.8) is 0 Å². The minimum Gasteiger partial charge on any atom is -0.481 e. The maximum Gasteiger partial charge on any atom is 0.307 e. The number of hydrogen-bond donors (Lipinski definition) is 2. The molecule has 1 aromatic heterocycles. The quantitative estimate of drug-likeness (QED) is 0.868. The summed E-state index contributed by atoms with van der Waals surface area (Å²) >= 11 is 0. The van der Waals surface area contributed by atoms with Gasteiger partial charge in [0, 0.05) is 26.2 Å². The molecule has 7 nitrogen and oxygen atoms in total. The second-order valence-corrected chi connectivity index (χ2v) is 7.92. The number of carbonyl (C=O) groups excluding carboxylic acids is 1. The first-order valence-corrected chi connectivity index (χ1v) is 9.05. The van der Waals surface area contributed by atoms with Crippen LogP contribution < -0.4 is 0 Å². The van der Waals surface area contributed by atoms with Crippen LogP contribution in [0.4, 0.5) is 0 Å². The molecule has 1 aromatic carbocycles. The van der Waals surface area contributed by atoms with Crippen LogP contribution in [0.5, 0.6) is 0 Å². The van der Waals surface area contributed by atoms with Crippen LogP contribution in [0.2, 0.25) is 0 Å². The molecule has 2 heterocycles. The number of H-pyrrole nitrogens is 1. The molecule has 138 valence electrons. The lowest BCUT2D eigenvalue weighted by Gasteiger charge is -2.34. The highest BCUT2D eigenvalue weighted by atomic mass is 16.4. The van der Waals surface area contributed by atoms with Gasteiger partial charge in [-0.2, -0.15) is 0 Å². The molecule has 7 heteroatoms. The Kier molecular flexibility index (Phi) is 3.99. The number of aliphatic carboxylic acids is 1. The topological polar surface area (TPSA) is 89.5 Å². The number of piperazine rings is 1. The molecule has 1 saturated heterocycles. The van der Waals surface area contributed by atoms with Crippen LogP contribution in [0.25, 0.3) is 11.0 Å². The fourth-order valence-corrected chi connectivity index (χ4v) is 4.17. The number of amides is 1. The number of aromatic amines is 1. The molecule has 1 aliphatic heterocycles. The maximum atomic E-state index is 12.7. The molecule has 4 rings (SSSR count). The van der Waals surface area contributed by atoms with E-state index in [4.69, 9.17) is 0 Å². The molecule has 0 unspecified atom stereocenters. The van der Waals surface area contributed by atoms with Crippen molar-refractivity contribution in [1.29, 1.82) is 0 Å². The van der Waals surface area contributed by atoms with Crippen molar-refractivity contribution in [2.45, 2.75) is 20.4 Å². The molecule has 2 aliphatic rings. The van der Waals surface area contributed by atoms with E-state index in [0.29, 0.717) is 13.1 Å². The van der Waals surface area contributed by atoms with Crippen LogP contribution in [-0.2, 0) is 16.1 Å². The fraction of sp³-hybridized carbons (Fsp3) is 0.526. The summed E-state index contributed by atoms with van der Waals surface area (Å²) in [5, 5.41) is 9.28. The number of para-hydroxylation sites is 2. The molecule has 26 heavy (non-hydrogen) atoms. The fourth-order valence-electron chi connectivity index (χ4n) is 4.17. The summed E-state index contributed by atoms with van der Waals surface area (Å²) in [6, 6.07) is 7.96. The Morgan fingerprint density at radius 3 is 2.50 bits per heavy atom. The Balaban J connectivity index is 1.34. The lowest BCUT2D eigenvalue weighted by molar-refractivity contribution is -0.142. The Hall–Kier alpha value is -2.41. The van der Waals surface area contributed by atoms with Gasteiger partial charge in [0.25, 0.3) is 0 Å². The van der Waals surface area contributed by atoms with Crippen LogP contribution in [0.1, 0.15) is 19.7 Å². The molecular formula is C19H24N4O3. The third kappa shape index (κ3) is 2.86. The number of rotatable bonds is 4. The average Bonchev–Trinajstić information content (AvgIpc) is 2.97. The Morgan fingerprint density at radius 1 is 1.19 bits per heavy atom. The molecule has 2 N–H and O–H groups in total. The number of imidazole rings is 1. The first-order valence-electron chi connectivity index (χ1n) is 9.05. The first-order chi connectivity index (χ1) is 12.4. The normalized spacial score (nSPS) is 25.4. The van der Waals surface area contributed by atoms with Crippen molar-refractivity contribution in [3.05, 3.63) is 30.1 Å². The number of nitrogens with zero attached hydrogens (tertiary/aromatic N) is 3. The van der Waals surface area contributed by atoms with Crippen molar-refractivity contribution in [3.8, 4) is 0 Å². The standard InChI is InChI=1S/C19H24N4O3/c1-19(2)15(16(19)18(25)26)17(24)23-9-7-22(8-10-23)11-14-20-12-5-3-4-6-13(12)21-14/h3-6,15-16H,7-11H2,1-2H3,(H,20,21)(H,25,26)/t15-,16+/m1/s1. The number of nitrogens with one attached hydrogen (secondary N) is 1. The molecular weight excluding hydrogens is 332 g/mol. The minimum absolute atomic E-state index is 0.00853. The van der Waals surface area contributed by atoms with Gasteiger partial charge in [0.15, 0.2) is 0 Å². The van der Waals surface area contributed by atoms with Gasteiger partial charge in [-0.25, -0.2) is 4.98 Å². The summed E-state index contributed by atoms with van der Waals surface area (Å²) in [6.07, 6.45) is 0. The Labute approximate surface area is 152 Å². The van der Waals surface area contributed by atoms with Crippen LogP contribution in [0.15, 0.2) is 24.3 Å². The third-order valence-electron chi connectivity index (χ3n) is 5.86. The highest BCUT2D eigenvalue weighted by Gasteiger charge is 2.66. The van der Waals surface area contributed by atoms with Crippen molar-refractivity contribution in [2.24, 2.45) is 17.3 Å². The van der Waals surface area contributed by atoms with Gasteiger partial charge in [0.1, 0.15) is 5.82 Å². The van der Waals surface area contributed by atoms with E-state index in [2.05, 4.69) is 14.9 Å². The van der Waals surface area contributed by atoms with E-state index in [-0.39, 0.29) is 11.8 Å². The van der Waals surface area contributed by atoms with E-state index in [1.807, 2.05) is 43.0 Å². The van der Waals surface area contributed by atoms with Gasteiger partial charge in [-0.15, -0.1) is 0 Å². The molecule has 0 spiro atoms. The number of hydrogen-bond acceptors (Lipinski definition) is 4. The van der Waals surface area contributed by atoms with Gasteiger partial charge in [-0.1, -0.05) is 26.0 Å². The van der Waals surface area contributed by atoms with E-state index in [9.17, 15) is 14.7 Å². The van der Waals surface area contributed by atoms with Gasteiger partial charge >= 0.3 is 5.97 Å². The lowest BCUT2D eigenvalue weighted by atomic mass is 10.1. The molecule has 0 bridgehead atoms. The molecule has 2 fully saturated rings. The van der Waals surface area contributed by atoms with Crippen molar-refractivity contribution < 1.29 is 14.7 Å². The van der Waals surface area contributed by atoms with Gasteiger partial charge in [-0.05, 0) is 17.5 Å². The molecule has 1 saturated carbocycles. The van der Waals surface area contributed by atoms with Gasteiger partial charge in [0.2, 0.25) is 5.91 Å². The monoisotopic (exact) mass is 356 g/mol. The highest BCUT2D eigenvalue weighted by Crippen LogP contribution is 2.59. The van der Waals surface area contributed by atoms with Gasteiger partial charge in [-0.3, -0.25) is 14.5 Å².